The molecule has 0 aromatic rings. The number of carbonyl (C=O) groups is 2. The highest BCUT2D eigenvalue weighted by Crippen LogP contribution is 2.15. The molecular formula is C50H95NO5. The van der Waals surface area contributed by atoms with E-state index in [1.807, 2.05) is 6.08 Å². The summed E-state index contributed by atoms with van der Waals surface area (Å²) in [6.45, 7) is 4.81. The van der Waals surface area contributed by atoms with Crippen LogP contribution in [0.1, 0.15) is 258 Å². The maximum Gasteiger partial charge on any atom is 0.305 e. The smallest absolute Gasteiger partial charge is 0.305 e. The van der Waals surface area contributed by atoms with Crippen molar-refractivity contribution in [2.75, 3.05) is 13.2 Å². The maximum atomic E-state index is 12.4. The Balaban J connectivity index is 3.56. The van der Waals surface area contributed by atoms with Crippen molar-refractivity contribution in [1.29, 1.82) is 0 Å². The minimum atomic E-state index is -0.873. The summed E-state index contributed by atoms with van der Waals surface area (Å²) < 4.78 is 5.44. The largest absolute Gasteiger partial charge is 0.466 e. The third-order valence-corrected chi connectivity index (χ3v) is 11.2. The van der Waals surface area contributed by atoms with Gasteiger partial charge in [0.1, 0.15) is 0 Å². The van der Waals surface area contributed by atoms with Crippen LogP contribution in [0.2, 0.25) is 0 Å². The van der Waals surface area contributed by atoms with Crippen LogP contribution >= 0.6 is 0 Å². The number of allylic oxidation sites excluding steroid dienone is 3. The van der Waals surface area contributed by atoms with Gasteiger partial charge in [0.2, 0.25) is 5.91 Å². The SMILES string of the molecule is CCCCCCCCCCCCCC/C=C/C(O)C(CO)NC(=O)CCC/C=C\CCCCCCOC(=O)CCCCCCCCCCCCCCCCCC. The summed E-state index contributed by atoms with van der Waals surface area (Å²) in [5, 5.41) is 23.0. The lowest BCUT2D eigenvalue weighted by atomic mass is 10.0. The number of esters is 1. The van der Waals surface area contributed by atoms with E-state index >= 15 is 0 Å². The lowest BCUT2D eigenvalue weighted by Crippen LogP contribution is -2.45. The topological polar surface area (TPSA) is 95.9 Å². The third-order valence-electron chi connectivity index (χ3n) is 11.2. The zero-order chi connectivity index (χ0) is 40.8. The van der Waals surface area contributed by atoms with E-state index in [0.29, 0.717) is 19.4 Å². The lowest BCUT2D eigenvalue weighted by Gasteiger charge is -2.19. The molecule has 0 radical (unpaired) electrons. The maximum absolute atomic E-state index is 12.4. The summed E-state index contributed by atoms with van der Waals surface area (Å²) in [6, 6.07) is -0.663. The zero-order valence-corrected chi connectivity index (χ0v) is 37.4. The monoisotopic (exact) mass is 790 g/mol. The fourth-order valence-corrected chi connectivity index (χ4v) is 7.40. The number of ether oxygens (including phenoxy) is 1. The Bertz CT molecular complexity index is 874. The highest BCUT2D eigenvalue weighted by atomic mass is 16.5. The Morgan fingerprint density at radius 3 is 1.30 bits per heavy atom. The minimum Gasteiger partial charge on any atom is -0.466 e. The molecule has 2 unspecified atom stereocenters. The highest BCUT2D eigenvalue weighted by molar-refractivity contribution is 5.76. The molecule has 6 heteroatoms. The Morgan fingerprint density at radius 2 is 0.857 bits per heavy atom. The average Bonchev–Trinajstić information content (AvgIpc) is 3.20. The van der Waals surface area contributed by atoms with Gasteiger partial charge in [-0.1, -0.05) is 218 Å². The third kappa shape index (κ3) is 42.0. The average molecular weight is 790 g/mol. The van der Waals surface area contributed by atoms with Gasteiger partial charge < -0.3 is 20.3 Å². The molecule has 0 aromatic heterocycles. The molecule has 0 fully saturated rings. The number of nitrogens with one attached hydrogen (secondary N) is 1. The standard InChI is InChI=1S/C50H95NO5/c1-3-5-7-9-11-13-15-17-19-20-22-24-28-32-36-40-44-50(55)56-45-41-37-33-29-25-27-31-35-39-43-49(54)51-47(46-52)48(53)42-38-34-30-26-23-21-18-16-14-12-10-8-6-4-2/h27,31,38,42,47-48,52-53H,3-26,28-30,32-37,39-41,43-46H2,1-2H3,(H,51,54)/b31-27-,42-38+. The fraction of sp³-hybridized carbons (Fsp3) is 0.880. The van der Waals surface area contributed by atoms with Gasteiger partial charge in [-0.05, 0) is 51.4 Å². The van der Waals surface area contributed by atoms with Crippen LogP contribution < -0.4 is 5.32 Å². The zero-order valence-electron chi connectivity index (χ0n) is 37.4. The van der Waals surface area contributed by atoms with Crippen molar-refractivity contribution < 1.29 is 24.5 Å². The molecule has 330 valence electrons. The van der Waals surface area contributed by atoms with Gasteiger partial charge in [0.05, 0.1) is 25.4 Å². The van der Waals surface area contributed by atoms with Gasteiger partial charge in [-0.25, -0.2) is 0 Å². The molecule has 0 aliphatic rings. The van der Waals surface area contributed by atoms with Crippen molar-refractivity contribution in [1.82, 2.24) is 5.32 Å². The molecule has 0 bridgehead atoms. The number of hydrogen-bond acceptors (Lipinski definition) is 5. The molecule has 56 heavy (non-hydrogen) atoms. The predicted molar refractivity (Wildman–Crippen MR) is 241 cm³/mol. The second kappa shape index (κ2) is 46.0. The van der Waals surface area contributed by atoms with Crippen LogP contribution in [0.25, 0.3) is 0 Å². The first kappa shape index (κ1) is 54.3. The molecule has 6 nitrogen and oxygen atoms in total. The summed E-state index contributed by atoms with van der Waals surface area (Å²) in [5.41, 5.74) is 0. The van der Waals surface area contributed by atoms with E-state index in [1.165, 1.54) is 161 Å². The summed E-state index contributed by atoms with van der Waals surface area (Å²) in [4.78, 5) is 24.4. The molecule has 2 atom stereocenters. The second-order valence-electron chi connectivity index (χ2n) is 16.8. The van der Waals surface area contributed by atoms with Crippen molar-refractivity contribution in [2.24, 2.45) is 0 Å². The summed E-state index contributed by atoms with van der Waals surface area (Å²) >= 11 is 0. The second-order valence-corrected chi connectivity index (χ2v) is 16.8. The summed E-state index contributed by atoms with van der Waals surface area (Å²) in [6.07, 6.45) is 53.2. The summed E-state index contributed by atoms with van der Waals surface area (Å²) in [7, 11) is 0. The molecule has 0 saturated carbocycles. The fourth-order valence-electron chi connectivity index (χ4n) is 7.40. The molecule has 0 rings (SSSR count). The van der Waals surface area contributed by atoms with E-state index in [9.17, 15) is 19.8 Å². The van der Waals surface area contributed by atoms with Gasteiger partial charge in [0.15, 0.2) is 0 Å². The summed E-state index contributed by atoms with van der Waals surface area (Å²) in [5.74, 6) is -0.163. The molecule has 1 amide bonds. The van der Waals surface area contributed by atoms with Crippen molar-refractivity contribution in [3.05, 3.63) is 24.3 Å². The van der Waals surface area contributed by atoms with E-state index < -0.39 is 12.1 Å². The van der Waals surface area contributed by atoms with E-state index in [2.05, 4.69) is 31.3 Å². The van der Waals surface area contributed by atoms with Gasteiger partial charge >= 0.3 is 5.97 Å². The van der Waals surface area contributed by atoms with E-state index in [-0.39, 0.29) is 18.5 Å². The number of hydrogen-bond donors (Lipinski definition) is 3. The molecule has 0 aliphatic carbocycles. The number of unbranched alkanes of at least 4 members (excludes halogenated alkanes) is 32. The Kier molecular flexibility index (Phi) is 44.7. The van der Waals surface area contributed by atoms with Crippen molar-refractivity contribution in [2.45, 2.75) is 270 Å². The van der Waals surface area contributed by atoms with Gasteiger partial charge in [-0.2, -0.15) is 0 Å². The number of rotatable bonds is 45. The van der Waals surface area contributed by atoms with Crippen molar-refractivity contribution >= 4 is 11.9 Å². The van der Waals surface area contributed by atoms with Crippen LogP contribution in [0.15, 0.2) is 24.3 Å². The quantitative estimate of drug-likeness (QED) is 0.0324. The molecule has 0 saturated heterocycles. The number of aliphatic hydroxyl groups excluding tert-OH is 2. The molecule has 0 aromatic carbocycles. The van der Waals surface area contributed by atoms with Crippen LogP contribution in [0, 0.1) is 0 Å². The van der Waals surface area contributed by atoms with Gasteiger partial charge in [-0.15, -0.1) is 0 Å². The van der Waals surface area contributed by atoms with Crippen LogP contribution in [0.3, 0.4) is 0 Å². The first-order valence-electron chi connectivity index (χ1n) is 24.6. The Hall–Kier alpha value is -1.66. The molecule has 0 heterocycles. The molecular weight excluding hydrogens is 695 g/mol. The first-order chi connectivity index (χ1) is 27.5. The van der Waals surface area contributed by atoms with E-state index in [1.54, 1.807) is 6.08 Å². The normalized spacial score (nSPS) is 12.9. The van der Waals surface area contributed by atoms with Gasteiger partial charge in [0, 0.05) is 12.8 Å². The Labute approximate surface area is 348 Å². The molecule has 0 aliphatic heterocycles. The van der Waals surface area contributed by atoms with Crippen LogP contribution in [-0.2, 0) is 14.3 Å². The lowest BCUT2D eigenvalue weighted by molar-refractivity contribution is -0.143. The van der Waals surface area contributed by atoms with Crippen LogP contribution in [0.4, 0.5) is 0 Å². The van der Waals surface area contributed by atoms with Gasteiger partial charge in [0.25, 0.3) is 0 Å². The van der Waals surface area contributed by atoms with Crippen LogP contribution in [0.5, 0.6) is 0 Å². The van der Waals surface area contributed by atoms with Gasteiger partial charge in [-0.3, -0.25) is 9.59 Å². The number of carbonyl (C=O) groups excluding carboxylic acids is 2. The molecule has 0 spiro atoms. The number of amides is 1. The minimum absolute atomic E-state index is 0.0351. The molecule has 3 N–H and O–H groups in total. The first-order valence-corrected chi connectivity index (χ1v) is 24.6. The van der Waals surface area contributed by atoms with E-state index in [0.717, 1.165) is 70.6 Å². The van der Waals surface area contributed by atoms with Crippen molar-refractivity contribution in [3.63, 3.8) is 0 Å². The Morgan fingerprint density at radius 1 is 0.482 bits per heavy atom. The van der Waals surface area contributed by atoms with E-state index in [4.69, 9.17) is 4.74 Å². The van der Waals surface area contributed by atoms with Crippen LogP contribution in [-0.4, -0.2) is 47.4 Å². The predicted octanol–water partition coefficient (Wildman–Crippen LogP) is 14.3. The van der Waals surface area contributed by atoms with Crippen molar-refractivity contribution in [3.8, 4) is 0 Å². The highest BCUT2D eigenvalue weighted by Gasteiger charge is 2.17. The number of aliphatic hydroxyl groups is 2.